The van der Waals surface area contributed by atoms with Crippen molar-refractivity contribution in [3.05, 3.63) is 65.4 Å². The van der Waals surface area contributed by atoms with Gasteiger partial charge in [-0.15, -0.1) is 11.6 Å². The van der Waals surface area contributed by atoms with Crippen LogP contribution in [0.1, 0.15) is 43.6 Å². The number of rotatable bonds is 4. The number of benzene rings is 2. The molecule has 9 heteroatoms. The van der Waals surface area contributed by atoms with Crippen molar-refractivity contribution in [2.75, 3.05) is 20.0 Å². The zero-order valence-corrected chi connectivity index (χ0v) is 22.1. The maximum absolute atomic E-state index is 13.3. The fourth-order valence-electron chi connectivity index (χ4n) is 4.69. The van der Waals surface area contributed by atoms with Crippen LogP contribution in [0.15, 0.2) is 53.4 Å². The summed E-state index contributed by atoms with van der Waals surface area (Å²) in [4.78, 5) is 33.1. The average molecular weight is 516 g/mol. The van der Waals surface area contributed by atoms with Crippen molar-refractivity contribution >= 4 is 44.2 Å². The molecule has 2 atom stereocenters. The summed E-state index contributed by atoms with van der Waals surface area (Å²) in [5.74, 6) is -0.844. The van der Waals surface area contributed by atoms with Gasteiger partial charge in [0.2, 0.25) is 11.8 Å². The highest BCUT2D eigenvalue weighted by atomic mass is 35.5. The summed E-state index contributed by atoms with van der Waals surface area (Å²) < 4.78 is 25.0. The third-order valence-corrected chi connectivity index (χ3v) is 9.31. The monoisotopic (exact) mass is 515 g/mol. The number of carbonyl (C=O) groups excluding carboxylic acids is 2. The van der Waals surface area contributed by atoms with E-state index in [-0.39, 0.29) is 22.6 Å². The van der Waals surface area contributed by atoms with E-state index in [0.717, 1.165) is 22.2 Å². The number of H-pyrrole nitrogens is 1. The molecular weight excluding hydrogens is 486 g/mol. The maximum Gasteiger partial charge on any atom is 0.245 e. The molecule has 186 valence electrons. The lowest BCUT2D eigenvalue weighted by atomic mass is 9.87. The van der Waals surface area contributed by atoms with Crippen LogP contribution in [-0.2, 0) is 25.8 Å². The van der Waals surface area contributed by atoms with Crippen LogP contribution in [-0.4, -0.2) is 65.8 Å². The summed E-state index contributed by atoms with van der Waals surface area (Å²) in [5, 5.41) is 0.994. The average Bonchev–Trinajstić information content (AvgIpc) is 3.19. The van der Waals surface area contributed by atoms with E-state index in [1.54, 1.807) is 64.0 Å². The highest BCUT2D eigenvalue weighted by Crippen LogP contribution is 2.41. The van der Waals surface area contributed by atoms with Crippen molar-refractivity contribution in [2.45, 2.75) is 48.9 Å². The van der Waals surface area contributed by atoms with Crippen molar-refractivity contribution < 1.29 is 18.0 Å². The number of nitrogens with zero attached hydrogens (tertiary/aromatic N) is 2. The zero-order chi connectivity index (χ0) is 25.7. The number of fused-ring (bicyclic) bond motifs is 3. The van der Waals surface area contributed by atoms with Crippen LogP contribution in [0.25, 0.3) is 10.9 Å². The first-order valence-electron chi connectivity index (χ1n) is 11.4. The van der Waals surface area contributed by atoms with E-state index < -0.39 is 26.7 Å². The molecule has 1 aliphatic heterocycles. The van der Waals surface area contributed by atoms with Crippen LogP contribution >= 0.6 is 11.6 Å². The fraction of sp³-hybridized carbons (Fsp3) is 0.385. The van der Waals surface area contributed by atoms with E-state index in [2.05, 4.69) is 4.98 Å². The van der Waals surface area contributed by atoms with E-state index in [4.69, 9.17) is 11.6 Å². The Morgan fingerprint density at radius 1 is 1.09 bits per heavy atom. The molecule has 1 N–H and O–H groups in total. The first-order valence-corrected chi connectivity index (χ1v) is 13.4. The molecule has 2 amide bonds. The van der Waals surface area contributed by atoms with Gasteiger partial charge in [-0.25, -0.2) is 8.42 Å². The number of aromatic nitrogens is 1. The molecule has 2 heterocycles. The van der Waals surface area contributed by atoms with Crippen LogP contribution in [0.4, 0.5) is 0 Å². The summed E-state index contributed by atoms with van der Waals surface area (Å²) in [6.45, 7) is 4.98. The van der Waals surface area contributed by atoms with Gasteiger partial charge >= 0.3 is 0 Å². The van der Waals surface area contributed by atoms with E-state index in [1.807, 2.05) is 24.3 Å². The van der Waals surface area contributed by atoms with Gasteiger partial charge < -0.3 is 14.8 Å². The predicted molar refractivity (Wildman–Crippen MR) is 137 cm³/mol. The van der Waals surface area contributed by atoms with Crippen LogP contribution in [0.5, 0.6) is 0 Å². The van der Waals surface area contributed by atoms with Gasteiger partial charge in [0.05, 0.1) is 15.7 Å². The van der Waals surface area contributed by atoms with Gasteiger partial charge in [0.25, 0.3) is 0 Å². The van der Waals surface area contributed by atoms with Crippen LogP contribution in [0.3, 0.4) is 0 Å². The van der Waals surface area contributed by atoms with Crippen molar-refractivity contribution in [2.24, 2.45) is 0 Å². The number of hydrogen-bond donors (Lipinski definition) is 1. The van der Waals surface area contributed by atoms with E-state index >= 15 is 0 Å². The second-order valence-electron chi connectivity index (χ2n) is 10.0. The molecule has 1 aromatic heterocycles. The van der Waals surface area contributed by atoms with E-state index in [0.29, 0.717) is 12.0 Å². The highest BCUT2D eigenvalue weighted by Gasteiger charge is 2.43. The van der Waals surface area contributed by atoms with Gasteiger partial charge in [0, 0.05) is 37.1 Å². The lowest BCUT2D eigenvalue weighted by Gasteiger charge is -2.42. The number of aromatic amines is 1. The molecule has 0 bridgehead atoms. The van der Waals surface area contributed by atoms with Gasteiger partial charge in [-0.2, -0.15) is 0 Å². The molecule has 3 aromatic rings. The van der Waals surface area contributed by atoms with Crippen molar-refractivity contribution in [3.63, 3.8) is 0 Å². The molecule has 7 nitrogen and oxygen atoms in total. The number of para-hydroxylation sites is 1. The quantitative estimate of drug-likeness (QED) is 0.533. The van der Waals surface area contributed by atoms with E-state index in [1.165, 1.54) is 4.90 Å². The Morgan fingerprint density at radius 2 is 1.71 bits per heavy atom. The summed E-state index contributed by atoms with van der Waals surface area (Å²) in [7, 11) is -0.217. The number of alkyl halides is 1. The predicted octanol–water partition coefficient (Wildman–Crippen LogP) is 3.91. The number of hydrogen-bond acceptors (Lipinski definition) is 4. The first kappa shape index (κ1) is 25.3. The number of nitrogens with one attached hydrogen (secondary N) is 1. The van der Waals surface area contributed by atoms with Gasteiger partial charge in [-0.05, 0) is 50.1 Å². The molecule has 1 aliphatic rings. The number of sulfone groups is 1. The Morgan fingerprint density at radius 3 is 2.29 bits per heavy atom. The molecule has 0 aliphatic carbocycles. The Kier molecular flexibility index (Phi) is 6.49. The standard InChI is InChI=1S/C26H30ClN3O4S/c1-26(2,3)35(33,34)17-12-10-16(11-13-17)24-23-19(18-8-6-7-9-20(18)28-23)14-21(25(32)29(4)5)30(24)22(31)15-27/h6-13,21,24,28H,14-15H2,1-5H3/t21-,24+/m1/s1. The number of likely N-dealkylation sites (N-methyl/N-ethyl adjacent to an activating group) is 1. The minimum absolute atomic E-state index is 0.198. The van der Waals surface area contributed by atoms with Crippen molar-refractivity contribution in [1.29, 1.82) is 0 Å². The Balaban J connectivity index is 1.93. The molecule has 0 fully saturated rings. The van der Waals surface area contributed by atoms with Gasteiger partial charge in [0.15, 0.2) is 9.84 Å². The molecule has 4 rings (SSSR count). The largest absolute Gasteiger partial charge is 0.356 e. The van der Waals surface area contributed by atoms with Crippen molar-refractivity contribution in [1.82, 2.24) is 14.8 Å². The van der Waals surface area contributed by atoms with Crippen molar-refractivity contribution in [3.8, 4) is 0 Å². The SMILES string of the molecule is CN(C)C(=O)[C@H]1Cc2c([nH]c3ccccc23)[C@H](c2ccc(S(=O)(=O)C(C)(C)C)cc2)N1C(=O)CCl. The van der Waals surface area contributed by atoms with E-state index in [9.17, 15) is 18.0 Å². The van der Waals surface area contributed by atoms with Gasteiger partial charge in [-0.3, -0.25) is 9.59 Å². The van der Waals surface area contributed by atoms with Gasteiger partial charge in [-0.1, -0.05) is 30.3 Å². The lowest BCUT2D eigenvalue weighted by molar-refractivity contribution is -0.145. The minimum Gasteiger partial charge on any atom is -0.356 e. The fourth-order valence-corrected chi connectivity index (χ4v) is 6.03. The summed E-state index contributed by atoms with van der Waals surface area (Å²) >= 11 is 6.02. The highest BCUT2D eigenvalue weighted by molar-refractivity contribution is 7.92. The summed E-state index contributed by atoms with van der Waals surface area (Å²) in [5.41, 5.74) is 3.38. The number of halogens is 1. The molecule has 0 spiro atoms. The lowest BCUT2D eigenvalue weighted by Crippen LogP contribution is -2.54. The third-order valence-electron chi connectivity index (χ3n) is 6.57. The van der Waals surface area contributed by atoms with Crippen LogP contribution < -0.4 is 0 Å². The van der Waals surface area contributed by atoms with Gasteiger partial charge in [0.1, 0.15) is 11.9 Å². The summed E-state index contributed by atoms with van der Waals surface area (Å²) in [6, 6.07) is 13.0. The smallest absolute Gasteiger partial charge is 0.245 e. The Labute approximate surface area is 211 Å². The maximum atomic E-state index is 13.3. The Bertz CT molecular complexity index is 1390. The second-order valence-corrected chi connectivity index (χ2v) is 13.0. The molecule has 35 heavy (non-hydrogen) atoms. The molecule has 2 aromatic carbocycles. The van der Waals surface area contributed by atoms with Crippen LogP contribution in [0.2, 0.25) is 0 Å². The number of carbonyl (C=O) groups is 2. The first-order chi connectivity index (χ1) is 16.4. The topological polar surface area (TPSA) is 90.6 Å². The molecule has 0 unspecified atom stereocenters. The minimum atomic E-state index is -3.55. The molecule has 0 saturated carbocycles. The normalized spacial score (nSPS) is 18.4. The molecule has 0 radical (unpaired) electrons. The van der Waals surface area contributed by atoms with Crippen LogP contribution in [0, 0.1) is 0 Å². The summed E-state index contributed by atoms with van der Waals surface area (Å²) in [6.07, 6.45) is 0.353. The second kappa shape index (κ2) is 8.99. The molecule has 0 saturated heterocycles. The third kappa shape index (κ3) is 4.23. The molecular formula is C26H30ClN3O4S. The Hall–Kier alpha value is -2.84. The zero-order valence-electron chi connectivity index (χ0n) is 20.5. The number of amides is 2.